The second-order valence-corrected chi connectivity index (χ2v) is 5.88. The Labute approximate surface area is 146 Å². The van der Waals surface area contributed by atoms with Gasteiger partial charge in [0.05, 0.1) is 25.6 Å². The van der Waals surface area contributed by atoms with Gasteiger partial charge < -0.3 is 29.5 Å². The summed E-state index contributed by atoms with van der Waals surface area (Å²) < 4.78 is 10.7. The lowest BCUT2D eigenvalue weighted by atomic mass is 10.0. The summed E-state index contributed by atoms with van der Waals surface area (Å²) in [6.45, 7) is 3.89. The molecular formula is C16H21BNO7. The molecule has 9 heteroatoms. The zero-order valence-corrected chi connectivity index (χ0v) is 14.1. The van der Waals surface area contributed by atoms with Crippen LogP contribution in [0.1, 0.15) is 29.8 Å². The quantitative estimate of drug-likeness (QED) is 0.568. The van der Waals surface area contributed by atoms with E-state index in [4.69, 9.17) is 19.5 Å². The molecule has 1 heterocycles. The van der Waals surface area contributed by atoms with E-state index < -0.39 is 11.9 Å². The van der Waals surface area contributed by atoms with Gasteiger partial charge in [0.1, 0.15) is 23.2 Å². The number of ether oxygens (including phenoxy) is 1. The second kappa shape index (κ2) is 8.22. The summed E-state index contributed by atoms with van der Waals surface area (Å²) in [5.74, 6) is -1.71. The lowest BCUT2D eigenvalue weighted by Gasteiger charge is -2.40. The predicted molar refractivity (Wildman–Crippen MR) is 88.6 cm³/mol. The number of carbonyl (C=O) groups excluding carboxylic acids is 1. The summed E-state index contributed by atoms with van der Waals surface area (Å²) in [6, 6.07) is 3.23. The van der Waals surface area contributed by atoms with Crippen molar-refractivity contribution in [1.29, 1.82) is 0 Å². The highest BCUT2D eigenvalue weighted by Gasteiger charge is 2.35. The van der Waals surface area contributed by atoms with Gasteiger partial charge >= 0.3 is 13.7 Å². The van der Waals surface area contributed by atoms with Crippen LogP contribution >= 0.6 is 0 Å². The van der Waals surface area contributed by atoms with Crippen LogP contribution in [0.5, 0.6) is 11.5 Å². The van der Waals surface area contributed by atoms with Gasteiger partial charge in [-0.1, -0.05) is 19.9 Å². The van der Waals surface area contributed by atoms with Crippen molar-refractivity contribution in [2.75, 3.05) is 19.7 Å². The third kappa shape index (κ3) is 4.05. The first-order valence-corrected chi connectivity index (χ1v) is 8.00. The number of aromatic carboxylic acids is 1. The SMILES string of the molecule is CCc1ccc(OC2CN(C(=O)C(C)CO)C2)c(C(=O)O)c1O[B]O. The van der Waals surface area contributed by atoms with E-state index in [0.717, 1.165) is 0 Å². The van der Waals surface area contributed by atoms with E-state index in [1.54, 1.807) is 24.0 Å². The minimum absolute atomic E-state index is 0.0381. The van der Waals surface area contributed by atoms with Crippen molar-refractivity contribution in [2.45, 2.75) is 26.4 Å². The van der Waals surface area contributed by atoms with Gasteiger partial charge in [0, 0.05) is 0 Å². The van der Waals surface area contributed by atoms with Crippen molar-refractivity contribution in [3.05, 3.63) is 23.3 Å². The number of nitrogens with zero attached hydrogens (tertiary/aromatic N) is 1. The van der Waals surface area contributed by atoms with Crippen molar-refractivity contribution in [2.24, 2.45) is 5.92 Å². The molecule has 135 valence electrons. The minimum Gasteiger partial charge on any atom is -0.536 e. The maximum absolute atomic E-state index is 11.9. The molecule has 1 aliphatic heterocycles. The van der Waals surface area contributed by atoms with Crippen LogP contribution in [0.3, 0.4) is 0 Å². The molecule has 1 saturated heterocycles. The summed E-state index contributed by atoms with van der Waals surface area (Å²) in [7, 11) is 0.435. The first kappa shape index (κ1) is 19.1. The first-order valence-electron chi connectivity index (χ1n) is 8.00. The van der Waals surface area contributed by atoms with Crippen molar-refractivity contribution >= 4 is 19.6 Å². The average molecular weight is 350 g/mol. The topological polar surface area (TPSA) is 117 Å². The molecule has 1 radical (unpaired) electrons. The predicted octanol–water partition coefficient (Wildman–Crippen LogP) is 0.0705. The Morgan fingerprint density at radius 2 is 2.08 bits per heavy atom. The first-order chi connectivity index (χ1) is 11.9. The van der Waals surface area contributed by atoms with E-state index in [0.29, 0.717) is 32.8 Å². The average Bonchev–Trinajstić information content (AvgIpc) is 2.56. The molecule has 1 atom stereocenters. The van der Waals surface area contributed by atoms with Crippen LogP contribution in [0.25, 0.3) is 0 Å². The number of amides is 1. The van der Waals surface area contributed by atoms with E-state index in [9.17, 15) is 14.7 Å². The van der Waals surface area contributed by atoms with Gasteiger partial charge in [-0.25, -0.2) is 4.79 Å². The maximum atomic E-state index is 11.9. The number of aliphatic hydroxyl groups is 1. The largest absolute Gasteiger partial charge is 0.569 e. The smallest absolute Gasteiger partial charge is 0.536 e. The van der Waals surface area contributed by atoms with Gasteiger partial charge in [0.15, 0.2) is 0 Å². The highest BCUT2D eigenvalue weighted by atomic mass is 16.5. The number of carboxylic acids is 1. The number of carboxylic acid groups (broad SMARTS) is 1. The van der Waals surface area contributed by atoms with Gasteiger partial charge in [-0.15, -0.1) is 0 Å². The van der Waals surface area contributed by atoms with E-state index in [-0.39, 0.29) is 35.7 Å². The Morgan fingerprint density at radius 3 is 2.60 bits per heavy atom. The molecule has 0 aromatic heterocycles. The lowest BCUT2D eigenvalue weighted by molar-refractivity contribution is -0.145. The summed E-state index contributed by atoms with van der Waals surface area (Å²) >= 11 is 0. The van der Waals surface area contributed by atoms with Crippen molar-refractivity contribution in [1.82, 2.24) is 4.90 Å². The highest BCUT2D eigenvalue weighted by molar-refractivity contribution is 6.18. The van der Waals surface area contributed by atoms with Crippen LogP contribution in [0, 0.1) is 5.92 Å². The number of carbonyl (C=O) groups is 2. The molecule has 0 bridgehead atoms. The Kier molecular flexibility index (Phi) is 6.27. The minimum atomic E-state index is -1.23. The van der Waals surface area contributed by atoms with Gasteiger partial charge in [0.25, 0.3) is 0 Å². The summed E-state index contributed by atoms with van der Waals surface area (Å²) in [6.07, 6.45) is 0.181. The number of likely N-dealkylation sites (tertiary alicyclic amines) is 1. The lowest BCUT2D eigenvalue weighted by Crippen LogP contribution is -2.57. The zero-order chi connectivity index (χ0) is 18.6. The van der Waals surface area contributed by atoms with Crippen LogP contribution in [0.2, 0.25) is 0 Å². The fourth-order valence-corrected chi connectivity index (χ4v) is 2.64. The summed E-state index contributed by atoms with van der Waals surface area (Å²) in [5.41, 5.74) is 0.454. The Bertz CT molecular complexity index is 646. The molecule has 1 amide bonds. The third-order valence-corrected chi connectivity index (χ3v) is 4.12. The van der Waals surface area contributed by atoms with Crippen LogP contribution in [-0.4, -0.2) is 65.5 Å². The molecule has 0 aliphatic carbocycles. The zero-order valence-electron chi connectivity index (χ0n) is 14.1. The van der Waals surface area contributed by atoms with E-state index in [1.165, 1.54) is 0 Å². The second-order valence-electron chi connectivity index (χ2n) is 5.88. The summed E-state index contributed by atoms with van der Waals surface area (Å²) in [4.78, 5) is 25.1. The van der Waals surface area contributed by atoms with Gasteiger partial charge in [-0.05, 0) is 18.1 Å². The van der Waals surface area contributed by atoms with Gasteiger partial charge in [-0.3, -0.25) is 4.79 Å². The number of rotatable bonds is 8. The highest BCUT2D eigenvalue weighted by Crippen LogP contribution is 2.34. The molecule has 1 aromatic rings. The number of benzene rings is 1. The number of hydrogen-bond donors (Lipinski definition) is 3. The van der Waals surface area contributed by atoms with Crippen LogP contribution in [0.15, 0.2) is 12.1 Å². The molecule has 2 rings (SSSR count). The van der Waals surface area contributed by atoms with Gasteiger partial charge in [0.2, 0.25) is 5.91 Å². The molecule has 1 aliphatic rings. The molecule has 0 saturated carbocycles. The fourth-order valence-electron chi connectivity index (χ4n) is 2.64. The van der Waals surface area contributed by atoms with E-state index in [1.807, 2.05) is 6.92 Å². The molecule has 3 N–H and O–H groups in total. The molecule has 1 unspecified atom stereocenters. The van der Waals surface area contributed by atoms with Crippen molar-refractivity contribution in [3.8, 4) is 11.5 Å². The van der Waals surface area contributed by atoms with Crippen LogP contribution in [0.4, 0.5) is 0 Å². The van der Waals surface area contributed by atoms with Crippen molar-refractivity contribution < 1.29 is 34.2 Å². The molecule has 0 spiro atoms. The molecule has 25 heavy (non-hydrogen) atoms. The Balaban J connectivity index is 2.14. The standard InChI is InChI=1S/C16H21BNO7/c1-3-10-4-5-12(13(16(21)22)14(10)25-17-23)24-11-6-18(7-11)15(20)9(2)8-19/h4-5,9,11,19,23H,3,6-8H2,1-2H3,(H,21,22). The van der Waals surface area contributed by atoms with E-state index >= 15 is 0 Å². The Hall–Kier alpha value is -2.26. The molecule has 1 fully saturated rings. The number of aliphatic hydroxyl groups excluding tert-OH is 1. The Morgan fingerprint density at radius 1 is 1.40 bits per heavy atom. The van der Waals surface area contributed by atoms with Crippen LogP contribution < -0.4 is 9.39 Å². The molecule has 8 nitrogen and oxygen atoms in total. The maximum Gasteiger partial charge on any atom is 0.569 e. The molecule has 1 aromatic carbocycles. The molecular weight excluding hydrogens is 329 g/mol. The number of aryl methyl sites for hydroxylation is 1. The van der Waals surface area contributed by atoms with Crippen molar-refractivity contribution in [3.63, 3.8) is 0 Å². The fraction of sp³-hybridized carbons (Fsp3) is 0.500. The van der Waals surface area contributed by atoms with E-state index in [2.05, 4.69) is 0 Å². The monoisotopic (exact) mass is 350 g/mol. The third-order valence-electron chi connectivity index (χ3n) is 4.12. The number of hydrogen-bond acceptors (Lipinski definition) is 6. The van der Waals surface area contributed by atoms with Gasteiger partial charge in [-0.2, -0.15) is 0 Å². The summed E-state index contributed by atoms with van der Waals surface area (Å²) in [5, 5.41) is 27.4. The van der Waals surface area contributed by atoms with Crippen LogP contribution in [-0.2, 0) is 11.2 Å². The normalized spacial score (nSPS) is 15.3.